The van der Waals surface area contributed by atoms with Crippen LogP contribution >= 0.6 is 0 Å². The molecule has 2 amide bonds. The Morgan fingerprint density at radius 3 is 2.62 bits per heavy atom. The average Bonchev–Trinajstić information content (AvgIpc) is 2.36. The highest BCUT2D eigenvalue weighted by atomic mass is 32.2. The predicted octanol–water partition coefficient (Wildman–Crippen LogP) is 2.25. The summed E-state index contributed by atoms with van der Waals surface area (Å²) < 4.78 is 11.1. The van der Waals surface area contributed by atoms with Gasteiger partial charge in [-0.3, -0.25) is 4.21 Å². The van der Waals surface area contributed by atoms with E-state index in [9.17, 15) is 9.00 Å². The molecular weight excluding hydrogens is 284 g/mol. The lowest BCUT2D eigenvalue weighted by Crippen LogP contribution is -2.45. The smallest absolute Gasteiger partial charge is 0.315 e. The molecule has 0 unspecified atom stereocenters. The molecule has 1 saturated carbocycles. The Morgan fingerprint density at radius 1 is 1.33 bits per heavy atom. The summed E-state index contributed by atoms with van der Waals surface area (Å²) in [5.41, 5.74) is 1.40. The van der Waals surface area contributed by atoms with Gasteiger partial charge in [0.2, 0.25) is 0 Å². The van der Waals surface area contributed by atoms with Crippen LogP contribution in [0.5, 0.6) is 0 Å². The van der Waals surface area contributed by atoms with Crippen LogP contribution in [0, 0.1) is 5.92 Å². The first-order chi connectivity index (χ1) is 10.0. The number of carbonyl (C=O) groups excluding carboxylic acids is 1. The van der Waals surface area contributed by atoms with E-state index in [1.165, 1.54) is 5.56 Å². The van der Waals surface area contributed by atoms with Crippen molar-refractivity contribution >= 4 is 16.8 Å². The number of urea groups is 1. The summed E-state index contributed by atoms with van der Waals surface area (Å²) in [5.74, 6) is 1.70. The molecule has 1 aliphatic rings. The molecule has 2 atom stereocenters. The fraction of sp³-hybridized carbons (Fsp3) is 0.562. The maximum Gasteiger partial charge on any atom is 0.315 e. The molecule has 0 spiro atoms. The van der Waals surface area contributed by atoms with Crippen LogP contribution in [0.1, 0.15) is 31.2 Å². The van der Waals surface area contributed by atoms with E-state index in [4.69, 9.17) is 0 Å². The van der Waals surface area contributed by atoms with E-state index in [0.29, 0.717) is 17.6 Å². The lowest BCUT2D eigenvalue weighted by atomic mass is 9.71. The average molecular weight is 308 g/mol. The van der Waals surface area contributed by atoms with Crippen molar-refractivity contribution in [2.24, 2.45) is 5.92 Å². The van der Waals surface area contributed by atoms with Crippen molar-refractivity contribution in [3.05, 3.63) is 35.9 Å². The highest BCUT2D eigenvalue weighted by Gasteiger charge is 2.30. The monoisotopic (exact) mass is 308 g/mol. The summed E-state index contributed by atoms with van der Waals surface area (Å²) >= 11 is 0. The highest BCUT2D eigenvalue weighted by Crippen LogP contribution is 2.40. The van der Waals surface area contributed by atoms with E-state index in [0.717, 1.165) is 19.4 Å². The van der Waals surface area contributed by atoms with Gasteiger partial charge in [0.05, 0.1) is 0 Å². The van der Waals surface area contributed by atoms with Gasteiger partial charge >= 0.3 is 6.03 Å². The molecule has 0 saturated heterocycles. The highest BCUT2D eigenvalue weighted by molar-refractivity contribution is 7.84. The van der Waals surface area contributed by atoms with E-state index < -0.39 is 10.8 Å². The van der Waals surface area contributed by atoms with Gasteiger partial charge in [-0.1, -0.05) is 30.3 Å². The number of nitrogens with one attached hydrogen (secondary N) is 2. The fourth-order valence-corrected chi connectivity index (χ4v) is 3.59. The second kappa shape index (κ2) is 7.59. The van der Waals surface area contributed by atoms with Crippen LogP contribution in [-0.2, 0) is 10.8 Å². The molecule has 1 fully saturated rings. The molecule has 116 valence electrons. The number of amides is 2. The molecular formula is C16H24N2O2S. The second-order valence-electron chi connectivity index (χ2n) is 5.94. The topological polar surface area (TPSA) is 58.2 Å². The van der Waals surface area contributed by atoms with Gasteiger partial charge in [0, 0.05) is 35.4 Å². The molecule has 1 aromatic carbocycles. The summed E-state index contributed by atoms with van der Waals surface area (Å²) in [7, 11) is -0.884. The quantitative estimate of drug-likeness (QED) is 0.847. The van der Waals surface area contributed by atoms with E-state index in [2.05, 4.69) is 34.9 Å². The Bertz CT molecular complexity index is 486. The molecule has 2 rings (SSSR count). The molecule has 1 aromatic rings. The van der Waals surface area contributed by atoms with Gasteiger partial charge in [-0.15, -0.1) is 0 Å². The van der Waals surface area contributed by atoms with Crippen LogP contribution in [0.15, 0.2) is 30.3 Å². The Balaban J connectivity index is 1.62. The molecule has 21 heavy (non-hydrogen) atoms. The van der Waals surface area contributed by atoms with E-state index in [1.54, 1.807) is 6.26 Å². The SMILES string of the molecule is C[C@@H](C[S@](C)=O)NC(=O)NCC1CC(c2ccccc2)C1. The van der Waals surface area contributed by atoms with Crippen LogP contribution in [0.2, 0.25) is 0 Å². The van der Waals surface area contributed by atoms with E-state index in [-0.39, 0.29) is 12.1 Å². The van der Waals surface area contributed by atoms with Crippen LogP contribution in [0.25, 0.3) is 0 Å². The van der Waals surface area contributed by atoms with Gasteiger partial charge < -0.3 is 10.6 Å². The van der Waals surface area contributed by atoms with Gasteiger partial charge in [0.25, 0.3) is 0 Å². The molecule has 0 radical (unpaired) electrons. The first-order valence-electron chi connectivity index (χ1n) is 7.44. The zero-order chi connectivity index (χ0) is 15.2. The lowest BCUT2D eigenvalue weighted by molar-refractivity contribution is 0.223. The molecule has 0 heterocycles. The van der Waals surface area contributed by atoms with Crippen molar-refractivity contribution in [3.63, 3.8) is 0 Å². The first-order valence-corrected chi connectivity index (χ1v) is 9.16. The summed E-state index contributed by atoms with van der Waals surface area (Å²) in [6.45, 7) is 2.59. The maximum absolute atomic E-state index is 11.7. The Kier molecular flexibility index (Phi) is 5.79. The van der Waals surface area contributed by atoms with E-state index >= 15 is 0 Å². The van der Waals surface area contributed by atoms with Crippen molar-refractivity contribution < 1.29 is 9.00 Å². The van der Waals surface area contributed by atoms with Crippen LogP contribution in [0.4, 0.5) is 4.79 Å². The number of carbonyl (C=O) groups is 1. The standard InChI is InChI=1S/C16H24N2O2S/c1-12(11-21(2)20)18-16(19)17-10-13-8-15(9-13)14-6-4-3-5-7-14/h3-7,12-13,15H,8-11H2,1-2H3,(H2,17,18,19)/t12-,13?,15?,21-/m0/s1. The predicted molar refractivity (Wildman–Crippen MR) is 86.8 cm³/mol. The molecule has 4 nitrogen and oxygen atoms in total. The number of benzene rings is 1. The zero-order valence-corrected chi connectivity index (χ0v) is 13.5. The third kappa shape index (κ3) is 5.16. The summed E-state index contributed by atoms with van der Waals surface area (Å²) in [6.07, 6.45) is 3.92. The largest absolute Gasteiger partial charge is 0.338 e. The van der Waals surface area contributed by atoms with Crippen molar-refractivity contribution in [1.82, 2.24) is 10.6 Å². The van der Waals surface area contributed by atoms with Crippen molar-refractivity contribution in [1.29, 1.82) is 0 Å². The van der Waals surface area contributed by atoms with Crippen molar-refractivity contribution in [2.75, 3.05) is 18.6 Å². The zero-order valence-electron chi connectivity index (χ0n) is 12.7. The van der Waals surface area contributed by atoms with Crippen LogP contribution < -0.4 is 10.6 Å². The molecule has 5 heteroatoms. The minimum Gasteiger partial charge on any atom is -0.338 e. The number of hydrogen-bond acceptors (Lipinski definition) is 2. The maximum atomic E-state index is 11.7. The molecule has 0 bridgehead atoms. The van der Waals surface area contributed by atoms with E-state index in [1.807, 2.05) is 13.0 Å². The molecule has 0 aliphatic heterocycles. The van der Waals surface area contributed by atoms with Crippen molar-refractivity contribution in [2.45, 2.75) is 31.7 Å². The lowest BCUT2D eigenvalue weighted by Gasteiger charge is -2.35. The second-order valence-corrected chi connectivity index (χ2v) is 7.42. The fourth-order valence-electron chi connectivity index (χ4n) is 2.81. The van der Waals surface area contributed by atoms with Crippen LogP contribution in [0.3, 0.4) is 0 Å². The first kappa shape index (κ1) is 16.0. The van der Waals surface area contributed by atoms with Gasteiger partial charge in [0.15, 0.2) is 0 Å². The Hall–Kier alpha value is -1.36. The van der Waals surface area contributed by atoms with Gasteiger partial charge in [-0.2, -0.15) is 0 Å². The van der Waals surface area contributed by atoms with Crippen molar-refractivity contribution in [3.8, 4) is 0 Å². The molecule has 2 N–H and O–H groups in total. The summed E-state index contributed by atoms with van der Waals surface area (Å²) in [6, 6.07) is 10.3. The summed E-state index contributed by atoms with van der Waals surface area (Å²) in [4.78, 5) is 11.7. The Labute approximate surface area is 129 Å². The Morgan fingerprint density at radius 2 is 2.00 bits per heavy atom. The van der Waals surface area contributed by atoms with Gasteiger partial charge in [-0.05, 0) is 37.2 Å². The number of hydrogen-bond donors (Lipinski definition) is 2. The van der Waals surface area contributed by atoms with Gasteiger partial charge in [0.1, 0.15) is 0 Å². The number of rotatable bonds is 6. The minimum absolute atomic E-state index is 0.0608. The third-order valence-corrected chi connectivity index (χ3v) is 4.89. The minimum atomic E-state index is -0.884. The normalized spacial score (nSPS) is 23.7. The molecule has 0 aromatic heterocycles. The van der Waals surface area contributed by atoms with Gasteiger partial charge in [-0.25, -0.2) is 4.79 Å². The summed E-state index contributed by atoms with van der Waals surface area (Å²) in [5, 5.41) is 5.73. The molecule has 1 aliphatic carbocycles. The van der Waals surface area contributed by atoms with Crippen LogP contribution in [-0.4, -0.2) is 34.8 Å². The third-order valence-electron chi connectivity index (χ3n) is 3.92.